The number of nitrogens with one attached hydrogen (secondary N) is 2. The fraction of sp³-hybridized carbons (Fsp3) is 0.333. The summed E-state index contributed by atoms with van der Waals surface area (Å²) >= 11 is 0. The number of methoxy groups -OCH3 is 1. The number of hydrazine groups is 1. The van der Waals surface area contributed by atoms with E-state index in [-0.39, 0.29) is 0 Å². The van der Waals surface area contributed by atoms with Crippen LogP contribution in [0.4, 0.5) is 5.95 Å². The Morgan fingerprint density at radius 2 is 2.36 bits per heavy atom. The van der Waals surface area contributed by atoms with Crippen molar-refractivity contribution in [3.05, 3.63) is 12.3 Å². The molecule has 0 aromatic carbocycles. The van der Waals surface area contributed by atoms with Gasteiger partial charge in [0, 0.05) is 19.3 Å². The summed E-state index contributed by atoms with van der Waals surface area (Å²) in [6, 6.07) is 1.68. The SMILES string of the molecule is CNNc1nccc(OC)n1. The Labute approximate surface area is 64.8 Å². The Morgan fingerprint density at radius 1 is 1.55 bits per heavy atom. The van der Waals surface area contributed by atoms with Crippen LogP contribution in [0.5, 0.6) is 5.88 Å². The van der Waals surface area contributed by atoms with E-state index in [1.54, 1.807) is 26.4 Å². The van der Waals surface area contributed by atoms with Crippen LogP contribution in [0.2, 0.25) is 0 Å². The molecule has 0 bridgehead atoms. The van der Waals surface area contributed by atoms with E-state index in [0.717, 1.165) is 0 Å². The van der Waals surface area contributed by atoms with E-state index in [1.165, 1.54) is 0 Å². The first kappa shape index (κ1) is 7.74. The number of aromatic nitrogens is 2. The number of ether oxygens (including phenoxy) is 1. The van der Waals surface area contributed by atoms with Crippen molar-refractivity contribution in [2.45, 2.75) is 0 Å². The molecule has 0 aliphatic rings. The molecule has 0 saturated carbocycles. The molecule has 5 heteroatoms. The number of nitrogens with zero attached hydrogens (tertiary/aromatic N) is 2. The van der Waals surface area contributed by atoms with Gasteiger partial charge in [-0.25, -0.2) is 10.4 Å². The van der Waals surface area contributed by atoms with Gasteiger partial charge in [0.05, 0.1) is 7.11 Å². The second-order valence-corrected chi connectivity index (χ2v) is 1.80. The van der Waals surface area contributed by atoms with E-state index in [2.05, 4.69) is 20.8 Å². The maximum Gasteiger partial charge on any atom is 0.240 e. The minimum absolute atomic E-state index is 0.492. The van der Waals surface area contributed by atoms with Crippen molar-refractivity contribution >= 4 is 5.95 Å². The van der Waals surface area contributed by atoms with Gasteiger partial charge >= 0.3 is 0 Å². The molecule has 11 heavy (non-hydrogen) atoms. The van der Waals surface area contributed by atoms with Gasteiger partial charge in [0.1, 0.15) is 0 Å². The molecular formula is C6H10N4O. The Hall–Kier alpha value is -1.36. The molecule has 1 aromatic rings. The predicted octanol–water partition coefficient (Wildman–Crippen LogP) is 0.0315. The first-order chi connectivity index (χ1) is 5.36. The normalized spacial score (nSPS) is 9.27. The van der Waals surface area contributed by atoms with Crippen LogP contribution >= 0.6 is 0 Å². The molecule has 0 radical (unpaired) electrons. The molecule has 0 saturated heterocycles. The molecule has 0 fully saturated rings. The summed E-state index contributed by atoms with van der Waals surface area (Å²) in [6.45, 7) is 0. The van der Waals surface area contributed by atoms with Crippen LogP contribution in [0, 0.1) is 0 Å². The molecule has 1 aromatic heterocycles. The van der Waals surface area contributed by atoms with E-state index >= 15 is 0 Å². The fourth-order valence-corrected chi connectivity index (χ4v) is 0.628. The zero-order valence-electron chi connectivity index (χ0n) is 6.46. The van der Waals surface area contributed by atoms with E-state index in [1.807, 2.05) is 0 Å². The highest BCUT2D eigenvalue weighted by Crippen LogP contribution is 2.05. The van der Waals surface area contributed by atoms with Gasteiger partial charge in [-0.2, -0.15) is 4.98 Å². The van der Waals surface area contributed by atoms with Crippen LogP contribution in [-0.4, -0.2) is 24.1 Å². The molecule has 5 nitrogen and oxygen atoms in total. The molecule has 0 spiro atoms. The smallest absolute Gasteiger partial charge is 0.240 e. The lowest BCUT2D eigenvalue weighted by Gasteiger charge is -2.02. The number of rotatable bonds is 3. The highest BCUT2D eigenvalue weighted by molar-refractivity contribution is 5.25. The predicted molar refractivity (Wildman–Crippen MR) is 41.3 cm³/mol. The largest absolute Gasteiger partial charge is 0.481 e. The van der Waals surface area contributed by atoms with E-state index in [0.29, 0.717) is 11.8 Å². The summed E-state index contributed by atoms with van der Waals surface area (Å²) in [5.74, 6) is 1.03. The van der Waals surface area contributed by atoms with Gasteiger partial charge in [0.15, 0.2) is 0 Å². The zero-order valence-corrected chi connectivity index (χ0v) is 6.46. The third-order valence-corrected chi connectivity index (χ3v) is 1.08. The highest BCUT2D eigenvalue weighted by atomic mass is 16.5. The minimum atomic E-state index is 0.492. The number of hydrogen-bond donors (Lipinski definition) is 2. The standard InChI is InChI=1S/C6H10N4O/c1-7-10-6-8-4-3-5(9-6)11-2/h3-4,7H,1-2H3,(H,8,9,10). The monoisotopic (exact) mass is 154 g/mol. The Morgan fingerprint density at radius 3 is 3.00 bits per heavy atom. The summed E-state index contributed by atoms with van der Waals surface area (Å²) in [6.07, 6.45) is 1.62. The van der Waals surface area contributed by atoms with Gasteiger partial charge in [-0.15, -0.1) is 0 Å². The van der Waals surface area contributed by atoms with Crippen molar-refractivity contribution < 1.29 is 4.74 Å². The average Bonchev–Trinajstić information content (AvgIpc) is 2.06. The van der Waals surface area contributed by atoms with Gasteiger partial charge in [-0.3, -0.25) is 5.43 Å². The maximum absolute atomic E-state index is 4.88. The Kier molecular flexibility index (Phi) is 2.62. The fourth-order valence-electron chi connectivity index (χ4n) is 0.628. The van der Waals surface area contributed by atoms with E-state index in [9.17, 15) is 0 Å². The topological polar surface area (TPSA) is 59.1 Å². The molecule has 0 aliphatic heterocycles. The zero-order chi connectivity index (χ0) is 8.10. The van der Waals surface area contributed by atoms with Crippen molar-refractivity contribution in [3.63, 3.8) is 0 Å². The van der Waals surface area contributed by atoms with Crippen LogP contribution < -0.4 is 15.6 Å². The van der Waals surface area contributed by atoms with Gasteiger partial charge in [-0.1, -0.05) is 0 Å². The lowest BCUT2D eigenvalue weighted by Crippen LogP contribution is -2.17. The second kappa shape index (κ2) is 3.72. The van der Waals surface area contributed by atoms with Gasteiger partial charge < -0.3 is 4.74 Å². The van der Waals surface area contributed by atoms with Crippen LogP contribution in [0.15, 0.2) is 12.3 Å². The van der Waals surface area contributed by atoms with Crippen LogP contribution in [-0.2, 0) is 0 Å². The van der Waals surface area contributed by atoms with Crippen LogP contribution in [0.25, 0.3) is 0 Å². The number of anilines is 1. The van der Waals surface area contributed by atoms with Gasteiger partial charge in [0.2, 0.25) is 11.8 Å². The summed E-state index contributed by atoms with van der Waals surface area (Å²) < 4.78 is 4.88. The van der Waals surface area contributed by atoms with Crippen molar-refractivity contribution in [3.8, 4) is 5.88 Å². The van der Waals surface area contributed by atoms with Crippen LogP contribution in [0.3, 0.4) is 0 Å². The Bertz CT molecular complexity index is 228. The summed E-state index contributed by atoms with van der Waals surface area (Å²) in [5.41, 5.74) is 5.43. The molecule has 0 aliphatic carbocycles. The van der Waals surface area contributed by atoms with Crippen molar-refractivity contribution in [1.82, 2.24) is 15.4 Å². The lowest BCUT2D eigenvalue weighted by atomic mass is 10.6. The molecule has 60 valence electrons. The van der Waals surface area contributed by atoms with E-state index < -0.39 is 0 Å². The lowest BCUT2D eigenvalue weighted by molar-refractivity contribution is 0.397. The van der Waals surface area contributed by atoms with Crippen molar-refractivity contribution in [2.24, 2.45) is 0 Å². The quantitative estimate of drug-likeness (QED) is 0.601. The van der Waals surface area contributed by atoms with Gasteiger partial charge in [0.25, 0.3) is 0 Å². The molecule has 0 atom stereocenters. The molecule has 2 N–H and O–H groups in total. The van der Waals surface area contributed by atoms with E-state index in [4.69, 9.17) is 4.74 Å². The number of hydrogen-bond acceptors (Lipinski definition) is 5. The third kappa shape index (κ3) is 2.05. The molecule has 0 amide bonds. The molecule has 1 rings (SSSR count). The first-order valence-electron chi connectivity index (χ1n) is 3.16. The summed E-state index contributed by atoms with van der Waals surface area (Å²) in [7, 11) is 3.30. The molecule has 0 unspecified atom stereocenters. The molecule has 1 heterocycles. The summed E-state index contributed by atoms with van der Waals surface area (Å²) in [4.78, 5) is 7.89. The third-order valence-electron chi connectivity index (χ3n) is 1.08. The average molecular weight is 154 g/mol. The minimum Gasteiger partial charge on any atom is -0.481 e. The Balaban J connectivity index is 2.74. The van der Waals surface area contributed by atoms with Crippen LogP contribution in [0.1, 0.15) is 0 Å². The maximum atomic E-state index is 4.88. The highest BCUT2D eigenvalue weighted by Gasteiger charge is 1.94. The van der Waals surface area contributed by atoms with Gasteiger partial charge in [-0.05, 0) is 0 Å². The second-order valence-electron chi connectivity index (χ2n) is 1.80. The summed E-state index contributed by atoms with van der Waals surface area (Å²) in [5, 5.41) is 0. The first-order valence-corrected chi connectivity index (χ1v) is 3.16. The van der Waals surface area contributed by atoms with Crippen molar-refractivity contribution in [1.29, 1.82) is 0 Å². The molecular weight excluding hydrogens is 144 g/mol. The van der Waals surface area contributed by atoms with Crippen molar-refractivity contribution in [2.75, 3.05) is 19.6 Å².